The molecule has 1 atom stereocenters. The van der Waals surface area contributed by atoms with Crippen LogP contribution in [0.15, 0.2) is 78.9 Å². The fourth-order valence-corrected chi connectivity index (χ4v) is 6.41. The van der Waals surface area contributed by atoms with Crippen LogP contribution in [0.5, 0.6) is 0 Å². The maximum atomic E-state index is 14.4. The lowest BCUT2D eigenvalue weighted by Gasteiger charge is -2.25. The Morgan fingerprint density at radius 1 is 0.923 bits per heavy atom. The molecule has 0 unspecified atom stereocenters. The molecule has 2 aliphatic rings. The quantitative estimate of drug-likeness (QED) is 0.328. The summed E-state index contributed by atoms with van der Waals surface area (Å²) in [6.45, 7) is 1.20. The second kappa shape index (κ2) is 10.6. The monoisotopic (exact) mass is 544 g/mol. The summed E-state index contributed by atoms with van der Waals surface area (Å²) in [4.78, 5) is 30.3. The van der Waals surface area contributed by atoms with E-state index in [1.807, 2.05) is 36.4 Å². The second-order valence-electron chi connectivity index (χ2n) is 9.65. The van der Waals surface area contributed by atoms with E-state index in [-0.39, 0.29) is 29.9 Å². The first-order chi connectivity index (χ1) is 19.0. The Morgan fingerprint density at radius 2 is 1.67 bits per heavy atom. The zero-order valence-electron chi connectivity index (χ0n) is 21.1. The van der Waals surface area contributed by atoms with E-state index in [2.05, 4.69) is 0 Å². The zero-order valence-corrected chi connectivity index (χ0v) is 21.9. The number of amides is 2. The second-order valence-corrected chi connectivity index (χ2v) is 10.7. The number of anilines is 1. The molecule has 3 heterocycles. The van der Waals surface area contributed by atoms with Crippen molar-refractivity contribution in [2.45, 2.75) is 18.1 Å². The van der Waals surface area contributed by atoms with Gasteiger partial charge in [-0.3, -0.25) is 14.5 Å². The highest BCUT2D eigenvalue weighted by Gasteiger charge is 2.38. The number of likely N-dealkylation sites (tertiary alicyclic amines) is 1. The molecule has 1 fully saturated rings. The van der Waals surface area contributed by atoms with Gasteiger partial charge < -0.3 is 4.90 Å². The molecule has 0 bridgehead atoms. The van der Waals surface area contributed by atoms with Gasteiger partial charge in [0.25, 0.3) is 0 Å². The Hall–Kier alpha value is -3.98. The van der Waals surface area contributed by atoms with Crippen molar-refractivity contribution in [1.29, 1.82) is 0 Å². The summed E-state index contributed by atoms with van der Waals surface area (Å²) in [6, 6.07) is 21.8. The number of benzene rings is 3. The summed E-state index contributed by atoms with van der Waals surface area (Å²) in [5, 5.41) is 4.53. The normalized spacial score (nSPS) is 17.3. The van der Waals surface area contributed by atoms with E-state index in [1.165, 1.54) is 40.9 Å². The third-order valence-corrected chi connectivity index (χ3v) is 8.37. The van der Waals surface area contributed by atoms with Crippen molar-refractivity contribution in [3.8, 4) is 16.9 Å². The van der Waals surface area contributed by atoms with Crippen LogP contribution < -0.4 is 4.90 Å². The Labute approximate surface area is 229 Å². The smallest absolute Gasteiger partial charge is 0.242 e. The van der Waals surface area contributed by atoms with Gasteiger partial charge in [-0.2, -0.15) is 5.10 Å². The Kier molecular flexibility index (Phi) is 6.91. The summed E-state index contributed by atoms with van der Waals surface area (Å²) in [7, 11) is 0. The largest absolute Gasteiger partial charge is 0.341 e. The molecule has 0 N–H and O–H groups in total. The molecule has 198 valence electrons. The maximum absolute atomic E-state index is 14.4. The van der Waals surface area contributed by atoms with Crippen molar-refractivity contribution >= 4 is 29.4 Å². The molecule has 0 radical (unpaired) electrons. The molecule has 0 saturated carbocycles. The molecule has 1 aromatic heterocycles. The number of aromatic nitrogens is 2. The summed E-state index contributed by atoms with van der Waals surface area (Å²) >= 11 is 1.38. The third-order valence-electron chi connectivity index (χ3n) is 7.11. The number of hydrogen-bond donors (Lipinski definition) is 0. The van der Waals surface area contributed by atoms with Crippen LogP contribution in [0.25, 0.3) is 16.9 Å². The summed E-state index contributed by atoms with van der Waals surface area (Å²) in [5.41, 5.74) is 3.38. The third kappa shape index (κ3) is 4.94. The van der Waals surface area contributed by atoms with Crippen molar-refractivity contribution in [2.75, 3.05) is 30.3 Å². The number of halogens is 2. The molecule has 39 heavy (non-hydrogen) atoms. The van der Waals surface area contributed by atoms with Crippen molar-refractivity contribution < 1.29 is 18.4 Å². The van der Waals surface area contributed by atoms with Gasteiger partial charge in [0.05, 0.1) is 22.4 Å². The van der Waals surface area contributed by atoms with Crippen LogP contribution in [0, 0.1) is 11.6 Å². The van der Waals surface area contributed by atoms with E-state index < -0.39 is 11.1 Å². The lowest BCUT2D eigenvalue weighted by Crippen LogP contribution is -2.43. The van der Waals surface area contributed by atoms with Gasteiger partial charge in [0.2, 0.25) is 11.8 Å². The van der Waals surface area contributed by atoms with E-state index in [1.54, 1.807) is 27.8 Å². The van der Waals surface area contributed by atoms with Crippen LogP contribution >= 0.6 is 11.8 Å². The van der Waals surface area contributed by atoms with Crippen molar-refractivity contribution in [3.63, 3.8) is 0 Å². The zero-order chi connectivity index (χ0) is 26.9. The number of hydrogen-bond acceptors (Lipinski definition) is 4. The Bertz CT molecular complexity index is 1520. The van der Waals surface area contributed by atoms with Crippen molar-refractivity contribution in [3.05, 3.63) is 102 Å². The lowest BCUT2D eigenvalue weighted by atomic mass is 9.99. The van der Waals surface area contributed by atoms with Gasteiger partial charge in [-0.1, -0.05) is 42.5 Å². The fourth-order valence-electron chi connectivity index (χ4n) is 5.23. The van der Waals surface area contributed by atoms with E-state index in [0.717, 1.165) is 18.4 Å². The van der Waals surface area contributed by atoms with Gasteiger partial charge in [-0.15, -0.1) is 11.8 Å². The first kappa shape index (κ1) is 25.3. The number of nitrogens with zero attached hydrogens (tertiary/aromatic N) is 4. The van der Waals surface area contributed by atoms with Gasteiger partial charge in [-0.25, -0.2) is 13.5 Å². The predicted molar refractivity (Wildman–Crippen MR) is 148 cm³/mol. The molecular weight excluding hydrogens is 518 g/mol. The average Bonchev–Trinajstić information content (AvgIpc) is 3.59. The molecule has 2 aliphatic heterocycles. The minimum absolute atomic E-state index is 0.0980. The molecule has 6 nitrogen and oxygen atoms in total. The number of thioether (sulfide) groups is 1. The molecule has 0 aliphatic carbocycles. The molecule has 3 aromatic carbocycles. The molecule has 4 aromatic rings. The van der Waals surface area contributed by atoms with Gasteiger partial charge >= 0.3 is 0 Å². The molecule has 2 amide bonds. The van der Waals surface area contributed by atoms with Gasteiger partial charge in [-0.05, 0) is 54.8 Å². The molecule has 9 heteroatoms. The minimum atomic E-state index is -0.434. The van der Waals surface area contributed by atoms with E-state index >= 15 is 0 Å². The molecule has 1 saturated heterocycles. The Balaban J connectivity index is 1.60. The topological polar surface area (TPSA) is 58.4 Å². The Morgan fingerprint density at radius 3 is 2.38 bits per heavy atom. The van der Waals surface area contributed by atoms with E-state index in [0.29, 0.717) is 41.4 Å². The number of fused-ring (bicyclic) bond motifs is 1. The number of rotatable bonds is 5. The lowest BCUT2D eigenvalue weighted by molar-refractivity contribution is -0.130. The first-order valence-electron chi connectivity index (χ1n) is 12.9. The van der Waals surface area contributed by atoms with Crippen LogP contribution in [0.2, 0.25) is 0 Å². The van der Waals surface area contributed by atoms with Crippen LogP contribution in [0.1, 0.15) is 29.2 Å². The summed E-state index contributed by atoms with van der Waals surface area (Å²) < 4.78 is 29.9. The molecular formula is C30H26F2N4O2S. The highest BCUT2D eigenvalue weighted by molar-refractivity contribution is 8.00. The average molecular weight is 545 g/mol. The van der Waals surface area contributed by atoms with Crippen molar-refractivity contribution in [2.24, 2.45) is 0 Å². The van der Waals surface area contributed by atoms with Crippen LogP contribution in [-0.4, -0.2) is 51.9 Å². The van der Waals surface area contributed by atoms with Crippen LogP contribution in [0.4, 0.5) is 14.6 Å². The van der Waals surface area contributed by atoms with Crippen molar-refractivity contribution in [1.82, 2.24) is 14.7 Å². The number of carbonyl (C=O) groups is 2. The fraction of sp³-hybridized carbons (Fsp3) is 0.233. The SMILES string of the molecule is O=C(CN1C(=O)CS[C@H](c2cccc(F)c2)c2c(-c3ccccc3)nn(-c3ccc(F)cc3)c21)N1CCCC1. The molecule has 0 spiro atoms. The summed E-state index contributed by atoms with van der Waals surface area (Å²) in [5.74, 6) is -0.605. The maximum Gasteiger partial charge on any atom is 0.242 e. The van der Waals surface area contributed by atoms with Crippen LogP contribution in [0.3, 0.4) is 0 Å². The van der Waals surface area contributed by atoms with Crippen LogP contribution in [-0.2, 0) is 9.59 Å². The standard InChI is InChI=1S/C30H26F2N4O2S/c31-22-11-13-24(14-12-22)36-30-27(28(33-36)20-7-2-1-3-8-20)29(21-9-6-10-23(32)17-21)39-19-26(38)35(30)18-25(37)34-15-4-5-16-34/h1-3,6-14,17,29H,4-5,15-16,18-19H2/t29-/m1/s1. The predicted octanol–water partition coefficient (Wildman–Crippen LogP) is 5.61. The molecule has 6 rings (SSSR count). The van der Waals surface area contributed by atoms with E-state index in [4.69, 9.17) is 5.10 Å². The van der Waals surface area contributed by atoms with Gasteiger partial charge in [0.1, 0.15) is 24.0 Å². The summed E-state index contributed by atoms with van der Waals surface area (Å²) in [6.07, 6.45) is 1.88. The number of carbonyl (C=O) groups excluding carboxylic acids is 2. The van der Waals surface area contributed by atoms with Gasteiger partial charge in [0.15, 0.2) is 0 Å². The first-order valence-corrected chi connectivity index (χ1v) is 13.9. The van der Waals surface area contributed by atoms with Gasteiger partial charge in [0, 0.05) is 24.2 Å². The highest BCUT2D eigenvalue weighted by atomic mass is 32.2. The van der Waals surface area contributed by atoms with E-state index in [9.17, 15) is 18.4 Å². The minimum Gasteiger partial charge on any atom is -0.341 e. The highest BCUT2D eigenvalue weighted by Crippen LogP contribution is 2.48.